The topological polar surface area (TPSA) is 87.0 Å². The molecule has 26 heavy (non-hydrogen) atoms. The Morgan fingerprint density at radius 3 is 2.69 bits per heavy atom. The Hall–Kier alpha value is -3.22. The third-order valence-corrected chi connectivity index (χ3v) is 3.51. The van der Waals surface area contributed by atoms with E-state index in [1.807, 2.05) is 0 Å². The van der Waals surface area contributed by atoms with Crippen molar-refractivity contribution in [2.75, 3.05) is 14.2 Å². The van der Waals surface area contributed by atoms with Crippen molar-refractivity contribution in [3.8, 4) is 11.5 Å². The molecule has 0 bridgehead atoms. The number of carbonyl (C=O) groups excluding carboxylic acids is 2. The highest BCUT2D eigenvalue weighted by molar-refractivity contribution is 5.90. The van der Waals surface area contributed by atoms with Gasteiger partial charge in [-0.1, -0.05) is 0 Å². The number of ether oxygens (including phenoxy) is 3. The average Bonchev–Trinajstić information content (AvgIpc) is 3.17. The molecule has 1 unspecified atom stereocenters. The van der Waals surface area contributed by atoms with Crippen LogP contribution in [0.1, 0.15) is 18.2 Å². The highest BCUT2D eigenvalue weighted by Crippen LogP contribution is 2.25. The second-order valence-electron chi connectivity index (χ2n) is 5.32. The first-order chi connectivity index (χ1) is 12.5. The Balaban J connectivity index is 1.90. The lowest BCUT2D eigenvalue weighted by Gasteiger charge is -2.11. The molecule has 1 atom stereocenters. The molecule has 0 aliphatic heterocycles. The molecule has 0 radical (unpaired) electrons. The molecule has 1 aromatic heterocycles. The Morgan fingerprint density at radius 2 is 2.04 bits per heavy atom. The minimum atomic E-state index is -0.936. The Morgan fingerprint density at radius 1 is 1.23 bits per heavy atom. The Bertz CT molecular complexity index is 766. The van der Waals surface area contributed by atoms with Crippen LogP contribution in [0.15, 0.2) is 47.1 Å². The summed E-state index contributed by atoms with van der Waals surface area (Å²) < 4.78 is 20.6. The van der Waals surface area contributed by atoms with Gasteiger partial charge in [0.05, 0.1) is 27.0 Å². The zero-order valence-electron chi connectivity index (χ0n) is 14.9. The molecule has 0 saturated carbocycles. The van der Waals surface area contributed by atoms with Crippen LogP contribution in [0, 0.1) is 0 Å². The van der Waals surface area contributed by atoms with Gasteiger partial charge in [-0.2, -0.15) is 0 Å². The van der Waals surface area contributed by atoms with E-state index < -0.39 is 18.0 Å². The average molecular weight is 359 g/mol. The van der Waals surface area contributed by atoms with Gasteiger partial charge in [0.15, 0.2) is 6.10 Å². The van der Waals surface area contributed by atoms with Crippen molar-refractivity contribution in [2.24, 2.45) is 0 Å². The van der Waals surface area contributed by atoms with E-state index in [-0.39, 0.29) is 6.54 Å². The maximum Gasteiger partial charge on any atom is 0.331 e. The van der Waals surface area contributed by atoms with E-state index in [1.54, 1.807) is 37.4 Å². The molecule has 2 aromatic rings. The fourth-order valence-electron chi connectivity index (χ4n) is 2.13. The van der Waals surface area contributed by atoms with Crippen molar-refractivity contribution in [2.45, 2.75) is 19.6 Å². The highest BCUT2D eigenvalue weighted by Gasteiger charge is 2.16. The number of furan rings is 1. The predicted octanol–water partition coefficient (Wildman–Crippen LogP) is 2.56. The van der Waals surface area contributed by atoms with E-state index in [9.17, 15) is 9.59 Å². The van der Waals surface area contributed by atoms with E-state index >= 15 is 0 Å². The zero-order chi connectivity index (χ0) is 18.9. The van der Waals surface area contributed by atoms with Crippen molar-refractivity contribution in [1.29, 1.82) is 0 Å². The molecule has 1 heterocycles. The maximum absolute atomic E-state index is 11.9. The molecular weight excluding hydrogens is 338 g/mol. The summed E-state index contributed by atoms with van der Waals surface area (Å²) in [4.78, 5) is 23.9. The summed E-state index contributed by atoms with van der Waals surface area (Å²) in [6.07, 6.45) is 3.35. The van der Waals surface area contributed by atoms with E-state index in [0.717, 1.165) is 0 Å². The van der Waals surface area contributed by atoms with Gasteiger partial charge in [0.1, 0.15) is 17.3 Å². The molecule has 1 N–H and O–H groups in total. The summed E-state index contributed by atoms with van der Waals surface area (Å²) >= 11 is 0. The third-order valence-electron chi connectivity index (χ3n) is 3.51. The molecule has 7 nitrogen and oxygen atoms in total. The van der Waals surface area contributed by atoms with Crippen LogP contribution in [0.5, 0.6) is 11.5 Å². The van der Waals surface area contributed by atoms with E-state index in [2.05, 4.69) is 5.32 Å². The first kappa shape index (κ1) is 19.1. The van der Waals surface area contributed by atoms with Gasteiger partial charge in [0, 0.05) is 11.6 Å². The maximum atomic E-state index is 11.9. The van der Waals surface area contributed by atoms with Crippen LogP contribution < -0.4 is 14.8 Å². The summed E-state index contributed by atoms with van der Waals surface area (Å²) in [6.45, 7) is 1.72. The van der Waals surface area contributed by atoms with Crippen LogP contribution in [0.2, 0.25) is 0 Å². The number of benzene rings is 1. The lowest BCUT2D eigenvalue weighted by Crippen LogP contribution is -2.35. The van der Waals surface area contributed by atoms with Gasteiger partial charge < -0.3 is 23.9 Å². The van der Waals surface area contributed by atoms with E-state index in [1.165, 1.54) is 32.4 Å². The molecule has 0 saturated heterocycles. The normalized spacial score (nSPS) is 11.8. The van der Waals surface area contributed by atoms with Crippen molar-refractivity contribution in [3.63, 3.8) is 0 Å². The highest BCUT2D eigenvalue weighted by atomic mass is 16.5. The molecule has 0 aliphatic rings. The molecule has 2 rings (SSSR count). The number of amides is 1. The summed E-state index contributed by atoms with van der Waals surface area (Å²) in [7, 11) is 3.08. The summed E-state index contributed by atoms with van der Waals surface area (Å²) in [5, 5.41) is 2.63. The van der Waals surface area contributed by atoms with Crippen LogP contribution in [0.3, 0.4) is 0 Å². The van der Waals surface area contributed by atoms with Gasteiger partial charge >= 0.3 is 5.97 Å². The number of carbonyl (C=O) groups is 2. The van der Waals surface area contributed by atoms with Crippen LogP contribution >= 0.6 is 0 Å². The second kappa shape index (κ2) is 9.31. The lowest BCUT2D eigenvalue weighted by atomic mass is 10.1. The van der Waals surface area contributed by atoms with Gasteiger partial charge in [0.25, 0.3) is 5.91 Å². The van der Waals surface area contributed by atoms with Crippen molar-refractivity contribution in [3.05, 3.63) is 54.0 Å². The van der Waals surface area contributed by atoms with Gasteiger partial charge in [0.2, 0.25) is 0 Å². The smallest absolute Gasteiger partial charge is 0.331 e. The first-order valence-corrected chi connectivity index (χ1v) is 7.94. The van der Waals surface area contributed by atoms with Crippen molar-refractivity contribution < 1.29 is 28.2 Å². The van der Waals surface area contributed by atoms with Gasteiger partial charge in [-0.3, -0.25) is 4.79 Å². The van der Waals surface area contributed by atoms with Gasteiger partial charge in [-0.25, -0.2) is 4.79 Å². The fourth-order valence-corrected chi connectivity index (χ4v) is 2.13. The third kappa shape index (κ3) is 5.41. The zero-order valence-corrected chi connectivity index (χ0v) is 14.9. The van der Waals surface area contributed by atoms with Gasteiger partial charge in [-0.15, -0.1) is 0 Å². The second-order valence-corrected chi connectivity index (χ2v) is 5.32. The predicted molar refractivity (Wildman–Crippen MR) is 94.7 cm³/mol. The quantitative estimate of drug-likeness (QED) is 0.576. The molecule has 1 amide bonds. The molecule has 0 spiro atoms. The minimum absolute atomic E-state index is 0.227. The summed E-state index contributed by atoms with van der Waals surface area (Å²) in [5.41, 5.74) is 0.652. The monoisotopic (exact) mass is 359 g/mol. The number of hydrogen-bond acceptors (Lipinski definition) is 6. The van der Waals surface area contributed by atoms with Crippen molar-refractivity contribution in [1.82, 2.24) is 5.32 Å². The SMILES string of the molecule is COc1ccc(OC)c(/C=C/C(=O)OC(C)C(=O)NCc2ccco2)c1. The van der Waals surface area contributed by atoms with E-state index in [0.29, 0.717) is 22.8 Å². The first-order valence-electron chi connectivity index (χ1n) is 7.94. The Kier molecular flexibility index (Phi) is 6.84. The lowest BCUT2D eigenvalue weighted by molar-refractivity contribution is -0.150. The molecule has 0 fully saturated rings. The number of nitrogens with one attached hydrogen (secondary N) is 1. The summed E-state index contributed by atoms with van der Waals surface area (Å²) in [6, 6.07) is 8.67. The number of methoxy groups -OCH3 is 2. The standard InChI is InChI=1S/C19H21NO6/c1-13(19(22)20-12-16-5-4-10-25-16)26-18(21)9-6-14-11-15(23-2)7-8-17(14)24-3/h4-11,13H,12H2,1-3H3,(H,20,22)/b9-6+. The molecular formula is C19H21NO6. The number of hydrogen-bond donors (Lipinski definition) is 1. The van der Waals surface area contributed by atoms with Crippen LogP contribution in [0.4, 0.5) is 0 Å². The van der Waals surface area contributed by atoms with Crippen LogP contribution in [-0.4, -0.2) is 32.2 Å². The number of rotatable bonds is 8. The fraction of sp³-hybridized carbons (Fsp3) is 0.263. The van der Waals surface area contributed by atoms with Gasteiger partial charge in [-0.05, 0) is 43.3 Å². The minimum Gasteiger partial charge on any atom is -0.497 e. The molecule has 1 aromatic carbocycles. The largest absolute Gasteiger partial charge is 0.497 e. The van der Waals surface area contributed by atoms with E-state index in [4.69, 9.17) is 18.6 Å². The number of esters is 1. The molecule has 7 heteroatoms. The molecule has 0 aliphatic carbocycles. The van der Waals surface area contributed by atoms with Crippen molar-refractivity contribution >= 4 is 18.0 Å². The van der Waals surface area contributed by atoms with Crippen LogP contribution in [0.25, 0.3) is 6.08 Å². The van der Waals surface area contributed by atoms with Crippen LogP contribution in [-0.2, 0) is 20.9 Å². The molecule has 138 valence electrons. The summed E-state index contributed by atoms with van der Waals surface area (Å²) in [5.74, 6) is 0.767. The Labute approximate surface area is 151 Å².